The predicted octanol–water partition coefficient (Wildman–Crippen LogP) is 0.243. The van der Waals surface area contributed by atoms with Crippen LogP contribution in [0.1, 0.15) is 18.4 Å². The topological polar surface area (TPSA) is 113 Å². The summed E-state index contributed by atoms with van der Waals surface area (Å²) in [5, 5.41) is 20.2. The highest BCUT2D eigenvalue weighted by Gasteiger charge is 2.13. The molecule has 0 fully saturated rings. The normalized spacial score (nSPS) is 11.8. The molecule has 1 amide bonds. The zero-order valence-corrected chi connectivity index (χ0v) is 10.5. The van der Waals surface area contributed by atoms with Gasteiger partial charge in [-0.05, 0) is 30.5 Å². The van der Waals surface area contributed by atoms with Gasteiger partial charge in [0.05, 0.1) is 6.04 Å². The second-order valence-corrected chi connectivity index (χ2v) is 4.27. The van der Waals surface area contributed by atoms with Crippen LogP contribution >= 0.6 is 0 Å². The first-order chi connectivity index (χ1) is 8.99. The largest absolute Gasteiger partial charge is 0.508 e. The Morgan fingerprint density at radius 1 is 1.26 bits per heavy atom. The Kier molecular flexibility index (Phi) is 5.81. The lowest BCUT2D eigenvalue weighted by Crippen LogP contribution is -2.42. The fourth-order valence-corrected chi connectivity index (χ4v) is 1.56. The van der Waals surface area contributed by atoms with Gasteiger partial charge in [-0.2, -0.15) is 0 Å². The maximum absolute atomic E-state index is 11.6. The van der Waals surface area contributed by atoms with Crippen LogP contribution in [0.3, 0.4) is 0 Å². The number of phenolic OH excluding ortho intramolecular Hbond substituents is 1. The fourth-order valence-electron chi connectivity index (χ4n) is 1.56. The average molecular weight is 266 g/mol. The molecule has 6 nitrogen and oxygen atoms in total. The lowest BCUT2D eigenvalue weighted by Gasteiger charge is -2.12. The highest BCUT2D eigenvalue weighted by Crippen LogP contribution is 2.10. The minimum absolute atomic E-state index is 0.0213. The molecular weight excluding hydrogens is 248 g/mol. The van der Waals surface area contributed by atoms with Crippen molar-refractivity contribution in [2.24, 2.45) is 5.73 Å². The molecule has 0 aromatic heterocycles. The van der Waals surface area contributed by atoms with Gasteiger partial charge in [0.15, 0.2) is 0 Å². The van der Waals surface area contributed by atoms with Crippen molar-refractivity contribution in [1.82, 2.24) is 5.32 Å². The average Bonchev–Trinajstić information content (AvgIpc) is 2.36. The SMILES string of the molecule is N[C@H](Cc1ccc(O)cc1)C(=O)NCCCC(=O)O. The third kappa shape index (κ3) is 5.87. The van der Waals surface area contributed by atoms with Crippen LogP contribution in [0.2, 0.25) is 0 Å². The van der Waals surface area contributed by atoms with Gasteiger partial charge < -0.3 is 21.3 Å². The first-order valence-electron chi connectivity index (χ1n) is 6.02. The molecule has 19 heavy (non-hydrogen) atoms. The van der Waals surface area contributed by atoms with E-state index in [1.54, 1.807) is 12.1 Å². The molecule has 0 bridgehead atoms. The number of carbonyl (C=O) groups excluding carboxylic acids is 1. The van der Waals surface area contributed by atoms with Crippen LogP contribution in [0.5, 0.6) is 5.75 Å². The zero-order valence-electron chi connectivity index (χ0n) is 10.5. The summed E-state index contributed by atoms with van der Waals surface area (Å²) in [4.78, 5) is 21.9. The number of rotatable bonds is 7. The summed E-state index contributed by atoms with van der Waals surface area (Å²) in [6, 6.07) is 5.79. The number of carboxylic acids is 1. The van der Waals surface area contributed by atoms with E-state index in [-0.39, 0.29) is 18.1 Å². The third-order valence-electron chi connectivity index (χ3n) is 2.60. The van der Waals surface area contributed by atoms with Gasteiger partial charge in [-0.15, -0.1) is 0 Å². The molecule has 0 spiro atoms. The standard InChI is InChI=1S/C13H18N2O4/c14-11(8-9-3-5-10(16)6-4-9)13(19)15-7-1-2-12(17)18/h3-6,11,16H,1-2,7-8,14H2,(H,15,19)(H,17,18)/t11-/m1/s1. The van der Waals surface area contributed by atoms with Gasteiger partial charge in [0.2, 0.25) is 5.91 Å². The maximum atomic E-state index is 11.6. The van der Waals surface area contributed by atoms with Gasteiger partial charge in [0.25, 0.3) is 0 Å². The summed E-state index contributed by atoms with van der Waals surface area (Å²) in [6.45, 7) is 0.300. The van der Waals surface area contributed by atoms with Gasteiger partial charge in [-0.1, -0.05) is 12.1 Å². The first kappa shape index (κ1) is 15.0. The number of benzene rings is 1. The van der Waals surface area contributed by atoms with E-state index in [9.17, 15) is 9.59 Å². The molecule has 0 unspecified atom stereocenters. The quantitative estimate of drug-likeness (QED) is 0.528. The Labute approximate surface area is 111 Å². The molecule has 0 saturated carbocycles. The number of phenols is 1. The van der Waals surface area contributed by atoms with Crippen molar-refractivity contribution in [3.05, 3.63) is 29.8 Å². The third-order valence-corrected chi connectivity index (χ3v) is 2.60. The molecule has 104 valence electrons. The molecule has 0 radical (unpaired) electrons. The molecule has 1 rings (SSSR count). The summed E-state index contributed by atoms with van der Waals surface area (Å²) >= 11 is 0. The van der Waals surface area contributed by atoms with Crippen molar-refractivity contribution in [1.29, 1.82) is 0 Å². The molecule has 1 aromatic rings. The Hall–Kier alpha value is -2.08. The summed E-state index contributed by atoms with van der Waals surface area (Å²) in [5.41, 5.74) is 6.59. The number of aliphatic carboxylic acids is 1. The van der Waals surface area contributed by atoms with Crippen LogP contribution in [-0.4, -0.2) is 34.7 Å². The number of hydrogen-bond donors (Lipinski definition) is 4. The number of amides is 1. The van der Waals surface area contributed by atoms with Crippen LogP contribution in [-0.2, 0) is 16.0 Å². The van der Waals surface area contributed by atoms with Gasteiger partial charge in [-0.3, -0.25) is 9.59 Å². The van der Waals surface area contributed by atoms with Crippen LogP contribution in [0, 0.1) is 0 Å². The second kappa shape index (κ2) is 7.38. The number of carbonyl (C=O) groups is 2. The van der Waals surface area contributed by atoms with E-state index in [1.807, 2.05) is 0 Å². The molecular formula is C13H18N2O4. The molecule has 0 aliphatic carbocycles. The summed E-state index contributed by atoms with van der Waals surface area (Å²) in [7, 11) is 0. The monoisotopic (exact) mass is 266 g/mol. The molecule has 6 heteroatoms. The molecule has 0 aliphatic rings. The van der Waals surface area contributed by atoms with Crippen molar-refractivity contribution in [3.8, 4) is 5.75 Å². The number of carboxylic acid groups (broad SMARTS) is 1. The van der Waals surface area contributed by atoms with Crippen LogP contribution in [0.4, 0.5) is 0 Å². The minimum atomic E-state index is -0.886. The predicted molar refractivity (Wildman–Crippen MR) is 69.7 cm³/mol. The summed E-state index contributed by atoms with van der Waals surface area (Å²) in [5.74, 6) is -1.03. The van der Waals surface area contributed by atoms with Gasteiger partial charge in [0.1, 0.15) is 5.75 Å². The molecule has 1 atom stereocenters. The van der Waals surface area contributed by atoms with Crippen molar-refractivity contribution in [2.45, 2.75) is 25.3 Å². The van der Waals surface area contributed by atoms with E-state index in [4.69, 9.17) is 15.9 Å². The van der Waals surface area contributed by atoms with Gasteiger partial charge >= 0.3 is 5.97 Å². The molecule has 1 aromatic carbocycles. The van der Waals surface area contributed by atoms with Crippen molar-refractivity contribution >= 4 is 11.9 Å². The van der Waals surface area contributed by atoms with E-state index < -0.39 is 12.0 Å². The van der Waals surface area contributed by atoms with Gasteiger partial charge in [-0.25, -0.2) is 0 Å². The molecule has 0 saturated heterocycles. The fraction of sp³-hybridized carbons (Fsp3) is 0.385. The highest BCUT2D eigenvalue weighted by molar-refractivity contribution is 5.81. The Morgan fingerprint density at radius 3 is 2.47 bits per heavy atom. The highest BCUT2D eigenvalue weighted by atomic mass is 16.4. The van der Waals surface area contributed by atoms with Crippen LogP contribution in [0.25, 0.3) is 0 Å². The second-order valence-electron chi connectivity index (χ2n) is 4.27. The molecule has 5 N–H and O–H groups in total. The van der Waals surface area contributed by atoms with Crippen LogP contribution in [0.15, 0.2) is 24.3 Å². The van der Waals surface area contributed by atoms with E-state index >= 15 is 0 Å². The Bertz CT molecular complexity index is 431. The van der Waals surface area contributed by atoms with E-state index in [0.29, 0.717) is 19.4 Å². The lowest BCUT2D eigenvalue weighted by atomic mass is 10.1. The number of hydrogen-bond acceptors (Lipinski definition) is 4. The summed E-state index contributed by atoms with van der Waals surface area (Å²) in [6.07, 6.45) is 0.769. The smallest absolute Gasteiger partial charge is 0.303 e. The summed E-state index contributed by atoms with van der Waals surface area (Å²) < 4.78 is 0. The Balaban J connectivity index is 2.32. The van der Waals surface area contributed by atoms with Crippen LogP contribution < -0.4 is 11.1 Å². The lowest BCUT2D eigenvalue weighted by molar-refractivity contribution is -0.137. The minimum Gasteiger partial charge on any atom is -0.508 e. The van der Waals surface area contributed by atoms with E-state index in [1.165, 1.54) is 12.1 Å². The zero-order chi connectivity index (χ0) is 14.3. The van der Waals surface area contributed by atoms with Crippen molar-refractivity contribution < 1.29 is 19.8 Å². The number of aromatic hydroxyl groups is 1. The van der Waals surface area contributed by atoms with Crippen molar-refractivity contribution in [3.63, 3.8) is 0 Å². The molecule has 0 aliphatic heterocycles. The first-order valence-corrected chi connectivity index (χ1v) is 6.02. The Morgan fingerprint density at radius 2 is 1.89 bits per heavy atom. The van der Waals surface area contributed by atoms with Gasteiger partial charge in [0, 0.05) is 13.0 Å². The van der Waals surface area contributed by atoms with Crippen molar-refractivity contribution in [2.75, 3.05) is 6.54 Å². The van der Waals surface area contributed by atoms with E-state index in [0.717, 1.165) is 5.56 Å². The maximum Gasteiger partial charge on any atom is 0.303 e. The number of nitrogens with one attached hydrogen (secondary N) is 1. The number of nitrogens with two attached hydrogens (primary N) is 1. The van der Waals surface area contributed by atoms with E-state index in [2.05, 4.69) is 5.32 Å². The molecule has 0 heterocycles.